The van der Waals surface area contributed by atoms with E-state index in [9.17, 15) is 9.59 Å². The molecule has 1 fully saturated rings. The van der Waals surface area contributed by atoms with Gasteiger partial charge in [-0.05, 0) is 36.9 Å². The molecule has 4 aromatic rings. The third-order valence-electron chi connectivity index (χ3n) is 6.17. The van der Waals surface area contributed by atoms with Gasteiger partial charge in [-0.3, -0.25) is 19.0 Å². The third-order valence-corrected chi connectivity index (χ3v) is 6.17. The van der Waals surface area contributed by atoms with E-state index in [0.717, 1.165) is 53.9 Å². The van der Waals surface area contributed by atoms with Gasteiger partial charge < -0.3 is 9.80 Å². The molecule has 0 atom stereocenters. The second-order valence-electron chi connectivity index (χ2n) is 8.81. The molecule has 0 unspecified atom stereocenters. The first-order valence-electron chi connectivity index (χ1n) is 11.4. The number of hydrogen-bond acceptors (Lipinski definition) is 6. The Morgan fingerprint density at radius 2 is 1.82 bits per heavy atom. The monoisotopic (exact) mass is 457 g/mol. The summed E-state index contributed by atoms with van der Waals surface area (Å²) >= 11 is 0. The highest BCUT2D eigenvalue weighted by Gasteiger charge is 2.19. The lowest BCUT2D eigenvalue weighted by Crippen LogP contribution is -2.48. The number of ketones is 1. The van der Waals surface area contributed by atoms with Crippen LogP contribution in [0.5, 0.6) is 0 Å². The van der Waals surface area contributed by atoms with Crippen molar-refractivity contribution in [2.75, 3.05) is 33.2 Å². The van der Waals surface area contributed by atoms with E-state index in [1.54, 1.807) is 21.6 Å². The molecule has 0 saturated carbocycles. The van der Waals surface area contributed by atoms with Gasteiger partial charge >= 0.3 is 0 Å². The minimum absolute atomic E-state index is 0.0530. The van der Waals surface area contributed by atoms with Crippen LogP contribution >= 0.6 is 0 Å². The Morgan fingerprint density at radius 1 is 1.00 bits per heavy atom. The molecule has 0 spiro atoms. The number of fused-ring (bicyclic) bond motifs is 1. The summed E-state index contributed by atoms with van der Waals surface area (Å²) in [4.78, 5) is 34.2. The Hall–Kier alpha value is -3.85. The highest BCUT2D eigenvalue weighted by Crippen LogP contribution is 2.19. The molecule has 3 aromatic heterocycles. The predicted molar refractivity (Wildman–Crippen MR) is 128 cm³/mol. The van der Waals surface area contributed by atoms with E-state index >= 15 is 0 Å². The first kappa shape index (κ1) is 22.0. The van der Waals surface area contributed by atoms with Crippen LogP contribution in [0, 0.1) is 0 Å². The fourth-order valence-electron chi connectivity index (χ4n) is 4.19. The lowest BCUT2D eigenvalue weighted by Gasteiger charge is -2.32. The molecule has 1 aromatic carbocycles. The number of benzene rings is 1. The maximum absolute atomic E-state index is 12.9. The quantitative estimate of drug-likeness (QED) is 0.412. The highest BCUT2D eigenvalue weighted by molar-refractivity contribution is 5.96. The van der Waals surface area contributed by atoms with E-state index in [1.807, 2.05) is 54.7 Å². The second-order valence-corrected chi connectivity index (χ2v) is 8.81. The van der Waals surface area contributed by atoms with Gasteiger partial charge in [0.2, 0.25) is 5.91 Å². The Bertz CT molecular complexity index is 1350. The van der Waals surface area contributed by atoms with Gasteiger partial charge in [0.1, 0.15) is 12.2 Å². The molecule has 174 valence electrons. The zero-order chi connectivity index (χ0) is 23.7. The minimum Gasteiger partial charge on any atom is -0.339 e. The average molecular weight is 458 g/mol. The molecule has 5 rings (SSSR count). The van der Waals surface area contributed by atoms with E-state index in [-0.39, 0.29) is 24.7 Å². The summed E-state index contributed by atoms with van der Waals surface area (Å²) in [6.45, 7) is 3.50. The molecule has 9 heteroatoms. The molecule has 34 heavy (non-hydrogen) atoms. The number of amides is 1. The molecule has 0 radical (unpaired) electrons. The number of pyridine rings is 1. The molecule has 1 aliphatic heterocycles. The van der Waals surface area contributed by atoms with Crippen LogP contribution in [0.15, 0.2) is 55.0 Å². The number of aryl methyl sites for hydroxylation is 1. The number of carbonyl (C=O) groups is 2. The standard InChI is InChI=1S/C25H27N7O2/c1-29-8-10-31(11-9-29)25(34)17-32-16-19-12-18(6-7-22(19)28-32)13-24(33)23-5-3-4-21(27-23)20-14-26-30(2)15-20/h3-7,12,14-16H,8-11,13,17H2,1-2H3. The first-order valence-corrected chi connectivity index (χ1v) is 11.4. The van der Waals surface area contributed by atoms with Crippen molar-refractivity contribution in [2.24, 2.45) is 7.05 Å². The van der Waals surface area contributed by atoms with Crippen LogP contribution in [-0.2, 0) is 24.8 Å². The van der Waals surface area contributed by atoms with Crippen molar-refractivity contribution in [1.82, 2.24) is 34.3 Å². The maximum atomic E-state index is 12.9. The van der Waals surface area contributed by atoms with Crippen molar-refractivity contribution < 1.29 is 9.59 Å². The number of hydrogen-bond donors (Lipinski definition) is 0. The largest absolute Gasteiger partial charge is 0.339 e. The normalized spacial score (nSPS) is 14.6. The van der Waals surface area contributed by atoms with Crippen molar-refractivity contribution in [3.8, 4) is 11.3 Å². The summed E-state index contributed by atoms with van der Waals surface area (Å²) in [5, 5.41) is 9.62. The van der Waals surface area contributed by atoms with E-state index in [0.29, 0.717) is 5.69 Å². The van der Waals surface area contributed by atoms with Gasteiger partial charge in [0, 0.05) is 63.0 Å². The summed E-state index contributed by atoms with van der Waals surface area (Å²) in [6.07, 6.45) is 5.72. The van der Waals surface area contributed by atoms with Crippen LogP contribution in [0.3, 0.4) is 0 Å². The first-order chi connectivity index (χ1) is 16.4. The Morgan fingerprint density at radius 3 is 2.59 bits per heavy atom. The molecule has 0 bridgehead atoms. The lowest BCUT2D eigenvalue weighted by molar-refractivity contribution is -0.133. The van der Waals surface area contributed by atoms with Gasteiger partial charge in [0.15, 0.2) is 5.78 Å². The van der Waals surface area contributed by atoms with Crippen molar-refractivity contribution in [3.63, 3.8) is 0 Å². The topological polar surface area (TPSA) is 89.1 Å². The van der Waals surface area contributed by atoms with Gasteiger partial charge in [-0.25, -0.2) is 4.98 Å². The number of Topliss-reactive ketones (excluding diaryl/α,β-unsaturated/α-hetero) is 1. The van der Waals surface area contributed by atoms with Gasteiger partial charge in [-0.1, -0.05) is 12.1 Å². The Balaban J connectivity index is 1.27. The zero-order valence-corrected chi connectivity index (χ0v) is 19.4. The summed E-state index contributed by atoms with van der Waals surface area (Å²) in [6, 6.07) is 11.2. The van der Waals surface area contributed by atoms with Crippen molar-refractivity contribution >= 4 is 22.6 Å². The predicted octanol–water partition coefficient (Wildman–Crippen LogP) is 2.03. The SMILES string of the molecule is CN1CCN(C(=O)Cn2cc3cc(CC(=O)c4cccc(-c5cnn(C)c5)n4)ccc3n2)CC1. The average Bonchev–Trinajstić information content (AvgIpc) is 3.44. The van der Waals surface area contributed by atoms with Gasteiger partial charge in [-0.2, -0.15) is 10.2 Å². The Labute approximate surface area is 197 Å². The maximum Gasteiger partial charge on any atom is 0.244 e. The number of likely N-dealkylation sites (N-methyl/N-ethyl adjacent to an activating group) is 1. The molecule has 1 saturated heterocycles. The second kappa shape index (κ2) is 9.18. The Kier molecular flexibility index (Phi) is 5.93. The van der Waals surface area contributed by atoms with Gasteiger partial charge in [0.05, 0.1) is 17.4 Å². The number of carbonyl (C=O) groups excluding carboxylic acids is 2. The number of nitrogens with zero attached hydrogens (tertiary/aromatic N) is 7. The van der Waals surface area contributed by atoms with Crippen molar-refractivity contribution in [2.45, 2.75) is 13.0 Å². The molecule has 0 N–H and O–H groups in total. The summed E-state index contributed by atoms with van der Waals surface area (Å²) in [7, 11) is 3.91. The minimum atomic E-state index is -0.0530. The zero-order valence-electron chi connectivity index (χ0n) is 19.4. The molecule has 9 nitrogen and oxygen atoms in total. The van der Waals surface area contributed by atoms with E-state index < -0.39 is 0 Å². The summed E-state index contributed by atoms with van der Waals surface area (Å²) in [5.74, 6) is 0.0265. The molecule has 0 aliphatic carbocycles. The van der Waals surface area contributed by atoms with Crippen LogP contribution in [0.1, 0.15) is 16.1 Å². The van der Waals surface area contributed by atoms with Crippen LogP contribution in [0.25, 0.3) is 22.2 Å². The molecular weight excluding hydrogens is 430 g/mol. The van der Waals surface area contributed by atoms with E-state index in [2.05, 4.69) is 27.1 Å². The highest BCUT2D eigenvalue weighted by atomic mass is 16.2. The fourth-order valence-corrected chi connectivity index (χ4v) is 4.19. The molecule has 4 heterocycles. The molecule has 1 amide bonds. The third kappa shape index (κ3) is 4.74. The fraction of sp³-hybridized carbons (Fsp3) is 0.320. The summed E-state index contributed by atoms with van der Waals surface area (Å²) < 4.78 is 3.40. The number of rotatable bonds is 6. The lowest BCUT2D eigenvalue weighted by atomic mass is 10.0. The van der Waals surface area contributed by atoms with E-state index in [1.165, 1.54) is 0 Å². The van der Waals surface area contributed by atoms with Crippen molar-refractivity contribution in [1.29, 1.82) is 0 Å². The van der Waals surface area contributed by atoms with Crippen molar-refractivity contribution in [3.05, 3.63) is 66.2 Å². The molecule has 1 aliphatic rings. The molecular formula is C25H27N7O2. The van der Waals surface area contributed by atoms with Crippen LogP contribution < -0.4 is 0 Å². The van der Waals surface area contributed by atoms with Crippen LogP contribution in [0.4, 0.5) is 0 Å². The van der Waals surface area contributed by atoms with Gasteiger partial charge in [0.25, 0.3) is 0 Å². The number of piperazine rings is 1. The smallest absolute Gasteiger partial charge is 0.244 e. The van der Waals surface area contributed by atoms with Crippen LogP contribution in [0.2, 0.25) is 0 Å². The summed E-state index contributed by atoms with van der Waals surface area (Å²) in [5.41, 5.74) is 3.71. The van der Waals surface area contributed by atoms with Crippen LogP contribution in [-0.4, -0.2) is 79.3 Å². The number of aromatic nitrogens is 5. The van der Waals surface area contributed by atoms with E-state index in [4.69, 9.17) is 0 Å². The van der Waals surface area contributed by atoms with Gasteiger partial charge in [-0.15, -0.1) is 0 Å².